The van der Waals surface area contributed by atoms with Crippen molar-refractivity contribution in [2.24, 2.45) is 0 Å². The number of hydrogen-bond donors (Lipinski definition) is 1. The summed E-state index contributed by atoms with van der Waals surface area (Å²) in [4.78, 5) is 0. The minimum Gasteiger partial charge on any atom is -0.269 e. The molecule has 0 saturated heterocycles. The standard InChI is InChI=1S/C10H12ClN3O2S2/c1-2-14-8(5-6-12-14)7-13-18(15,16)10-4-3-9(11)17-10/h3-6,13H,2,7H2,1H3. The van der Waals surface area contributed by atoms with Gasteiger partial charge in [0.25, 0.3) is 0 Å². The zero-order chi connectivity index (χ0) is 13.2. The second-order valence-corrected chi connectivity index (χ2v) is 7.23. The predicted molar refractivity (Wildman–Crippen MR) is 71.3 cm³/mol. The summed E-state index contributed by atoms with van der Waals surface area (Å²) in [5, 5.41) is 4.08. The molecule has 98 valence electrons. The van der Waals surface area contributed by atoms with Gasteiger partial charge in [0.05, 0.1) is 16.6 Å². The smallest absolute Gasteiger partial charge is 0.250 e. The molecule has 0 aliphatic carbocycles. The highest BCUT2D eigenvalue weighted by molar-refractivity contribution is 7.91. The molecule has 0 radical (unpaired) electrons. The topological polar surface area (TPSA) is 64.0 Å². The molecule has 0 aliphatic rings. The van der Waals surface area contributed by atoms with Crippen molar-refractivity contribution < 1.29 is 8.42 Å². The number of halogens is 1. The summed E-state index contributed by atoms with van der Waals surface area (Å²) in [7, 11) is -3.50. The highest BCUT2D eigenvalue weighted by atomic mass is 35.5. The number of thiophene rings is 1. The lowest BCUT2D eigenvalue weighted by Crippen LogP contribution is -2.24. The molecule has 0 aromatic carbocycles. The van der Waals surface area contributed by atoms with E-state index in [9.17, 15) is 8.42 Å². The number of sulfonamides is 1. The van der Waals surface area contributed by atoms with Gasteiger partial charge in [-0.2, -0.15) is 5.10 Å². The van der Waals surface area contributed by atoms with Crippen molar-refractivity contribution in [2.45, 2.75) is 24.2 Å². The summed E-state index contributed by atoms with van der Waals surface area (Å²) in [5.41, 5.74) is 0.823. The first-order valence-electron chi connectivity index (χ1n) is 5.28. The Morgan fingerprint density at radius 1 is 1.44 bits per heavy atom. The quantitative estimate of drug-likeness (QED) is 0.920. The fourth-order valence-corrected chi connectivity index (χ4v) is 4.00. The number of aromatic nitrogens is 2. The van der Waals surface area contributed by atoms with Crippen molar-refractivity contribution >= 4 is 33.0 Å². The van der Waals surface area contributed by atoms with Crippen LogP contribution in [0.1, 0.15) is 12.6 Å². The molecule has 2 aromatic heterocycles. The minimum absolute atomic E-state index is 0.214. The zero-order valence-corrected chi connectivity index (χ0v) is 12.0. The number of nitrogens with zero attached hydrogens (tertiary/aromatic N) is 2. The first-order chi connectivity index (χ1) is 8.53. The Kier molecular flexibility index (Phi) is 4.06. The summed E-state index contributed by atoms with van der Waals surface area (Å²) >= 11 is 6.76. The SMILES string of the molecule is CCn1nccc1CNS(=O)(=O)c1ccc(Cl)s1. The number of nitrogens with one attached hydrogen (secondary N) is 1. The van der Waals surface area contributed by atoms with Crippen LogP contribution in [0.4, 0.5) is 0 Å². The second kappa shape index (κ2) is 5.40. The van der Waals surface area contributed by atoms with E-state index >= 15 is 0 Å². The molecule has 0 atom stereocenters. The maximum absolute atomic E-state index is 12.0. The largest absolute Gasteiger partial charge is 0.269 e. The molecule has 0 spiro atoms. The molecule has 1 N–H and O–H groups in total. The maximum atomic E-state index is 12.0. The van der Waals surface area contributed by atoms with Crippen LogP contribution < -0.4 is 4.72 Å². The van der Waals surface area contributed by atoms with Gasteiger partial charge in [0, 0.05) is 12.7 Å². The fraction of sp³-hybridized carbons (Fsp3) is 0.300. The number of hydrogen-bond acceptors (Lipinski definition) is 4. The molecular formula is C10H12ClN3O2S2. The average molecular weight is 306 g/mol. The van der Waals surface area contributed by atoms with Crippen LogP contribution in [-0.4, -0.2) is 18.2 Å². The Balaban J connectivity index is 2.10. The van der Waals surface area contributed by atoms with Crippen LogP contribution in [0.15, 0.2) is 28.6 Å². The van der Waals surface area contributed by atoms with Crippen molar-refractivity contribution in [3.05, 3.63) is 34.4 Å². The summed E-state index contributed by atoms with van der Waals surface area (Å²) in [5.74, 6) is 0. The molecule has 0 aliphatic heterocycles. The third kappa shape index (κ3) is 2.92. The molecule has 2 rings (SSSR count). The Morgan fingerprint density at radius 3 is 2.83 bits per heavy atom. The van der Waals surface area contributed by atoms with Crippen LogP contribution in [0.5, 0.6) is 0 Å². The van der Waals surface area contributed by atoms with Gasteiger partial charge >= 0.3 is 0 Å². The lowest BCUT2D eigenvalue weighted by Gasteiger charge is -2.06. The van der Waals surface area contributed by atoms with E-state index in [0.29, 0.717) is 10.9 Å². The van der Waals surface area contributed by atoms with Crippen molar-refractivity contribution in [3.63, 3.8) is 0 Å². The molecule has 0 bridgehead atoms. The summed E-state index contributed by atoms with van der Waals surface area (Å²) < 4.78 is 28.8. The van der Waals surface area contributed by atoms with Crippen LogP contribution in [0.25, 0.3) is 0 Å². The highest BCUT2D eigenvalue weighted by Crippen LogP contribution is 2.25. The van der Waals surface area contributed by atoms with Crippen molar-refractivity contribution in [3.8, 4) is 0 Å². The molecule has 0 amide bonds. The molecule has 0 saturated carbocycles. The van der Waals surface area contributed by atoms with Crippen molar-refractivity contribution in [1.29, 1.82) is 0 Å². The third-order valence-electron chi connectivity index (χ3n) is 2.36. The van der Waals surface area contributed by atoms with Gasteiger partial charge in [0.2, 0.25) is 10.0 Å². The summed E-state index contributed by atoms with van der Waals surface area (Å²) in [6, 6.07) is 4.84. The van der Waals surface area contributed by atoms with Crippen molar-refractivity contribution in [2.75, 3.05) is 0 Å². The second-order valence-electron chi connectivity index (χ2n) is 3.52. The molecule has 0 fully saturated rings. The number of rotatable bonds is 5. The van der Waals surface area contributed by atoms with Gasteiger partial charge in [-0.25, -0.2) is 13.1 Å². The van der Waals surface area contributed by atoms with Crippen LogP contribution in [-0.2, 0) is 23.1 Å². The van der Waals surface area contributed by atoms with E-state index in [0.717, 1.165) is 17.0 Å². The minimum atomic E-state index is -3.50. The van der Waals surface area contributed by atoms with E-state index in [-0.39, 0.29) is 10.8 Å². The van der Waals surface area contributed by atoms with Crippen LogP contribution >= 0.6 is 22.9 Å². The van der Waals surface area contributed by atoms with E-state index in [1.54, 1.807) is 23.0 Å². The van der Waals surface area contributed by atoms with E-state index in [1.807, 2.05) is 6.92 Å². The van der Waals surface area contributed by atoms with Crippen LogP contribution in [0, 0.1) is 0 Å². The normalized spacial score (nSPS) is 11.9. The van der Waals surface area contributed by atoms with E-state index < -0.39 is 10.0 Å². The Bertz CT molecular complexity index is 633. The Morgan fingerprint density at radius 2 is 2.22 bits per heavy atom. The van der Waals surface area contributed by atoms with Gasteiger partial charge in [-0.3, -0.25) is 4.68 Å². The van der Waals surface area contributed by atoms with E-state index in [4.69, 9.17) is 11.6 Å². The first-order valence-corrected chi connectivity index (χ1v) is 7.96. The van der Waals surface area contributed by atoms with E-state index in [2.05, 4.69) is 9.82 Å². The zero-order valence-electron chi connectivity index (χ0n) is 9.63. The average Bonchev–Trinajstić information content (AvgIpc) is 2.94. The van der Waals surface area contributed by atoms with Gasteiger partial charge in [-0.1, -0.05) is 11.6 Å². The Labute approximate surface area is 114 Å². The molecule has 18 heavy (non-hydrogen) atoms. The van der Waals surface area contributed by atoms with Crippen LogP contribution in [0.3, 0.4) is 0 Å². The molecule has 0 unspecified atom stereocenters. The lowest BCUT2D eigenvalue weighted by molar-refractivity contribution is 0.572. The van der Waals surface area contributed by atoms with Gasteiger partial charge < -0.3 is 0 Å². The molecule has 8 heteroatoms. The predicted octanol–water partition coefficient (Wildman–Crippen LogP) is 2.10. The third-order valence-corrected chi connectivity index (χ3v) is 5.48. The van der Waals surface area contributed by atoms with Crippen molar-refractivity contribution in [1.82, 2.24) is 14.5 Å². The summed E-state index contributed by atoms with van der Waals surface area (Å²) in [6.45, 7) is 2.87. The fourth-order valence-electron chi connectivity index (χ4n) is 1.48. The monoisotopic (exact) mass is 305 g/mol. The van der Waals surface area contributed by atoms with Gasteiger partial charge in [0.15, 0.2) is 0 Å². The first kappa shape index (κ1) is 13.5. The van der Waals surface area contributed by atoms with Gasteiger partial charge in [-0.15, -0.1) is 11.3 Å². The van der Waals surface area contributed by atoms with Crippen LogP contribution in [0.2, 0.25) is 4.34 Å². The molecule has 2 heterocycles. The molecule has 5 nitrogen and oxygen atoms in total. The number of aryl methyl sites for hydroxylation is 1. The van der Waals surface area contributed by atoms with Gasteiger partial charge in [0.1, 0.15) is 4.21 Å². The lowest BCUT2D eigenvalue weighted by atomic mass is 10.4. The Hall–Kier alpha value is -0.890. The summed E-state index contributed by atoms with van der Waals surface area (Å²) in [6.07, 6.45) is 1.65. The van der Waals surface area contributed by atoms with E-state index in [1.165, 1.54) is 6.07 Å². The molecular weight excluding hydrogens is 294 g/mol. The highest BCUT2D eigenvalue weighted by Gasteiger charge is 2.16. The van der Waals surface area contributed by atoms with Gasteiger partial charge in [-0.05, 0) is 25.1 Å². The molecule has 2 aromatic rings. The maximum Gasteiger partial charge on any atom is 0.250 e.